The number of aliphatic hydroxyl groups is 1. The van der Waals surface area contributed by atoms with E-state index in [1.165, 1.54) is 24.9 Å². The minimum atomic E-state index is 0.219. The second-order valence-electron chi connectivity index (χ2n) is 4.82. The Bertz CT molecular complexity index is 397. The van der Waals surface area contributed by atoms with E-state index in [2.05, 4.69) is 26.9 Å². The number of hydrogen-bond donors (Lipinski definition) is 2. The summed E-state index contributed by atoms with van der Waals surface area (Å²) in [6.07, 6.45) is 4.70. The molecule has 1 aliphatic rings. The van der Waals surface area contributed by atoms with Gasteiger partial charge in [0.15, 0.2) is 0 Å². The zero-order valence-electron chi connectivity index (χ0n) is 10.6. The van der Waals surface area contributed by atoms with Gasteiger partial charge in [0.05, 0.1) is 12.6 Å². The van der Waals surface area contributed by atoms with Gasteiger partial charge in [-0.25, -0.2) is 0 Å². The number of anilines is 1. The molecule has 0 saturated carbocycles. The number of nitrogens with zero attached hydrogens (tertiary/aromatic N) is 1. The van der Waals surface area contributed by atoms with Gasteiger partial charge < -0.3 is 15.7 Å². The third-order valence-corrected chi connectivity index (χ3v) is 4.44. The number of rotatable bonds is 3. The second-order valence-corrected chi connectivity index (χ2v) is 5.68. The van der Waals surface area contributed by atoms with Gasteiger partial charge in [-0.2, -0.15) is 0 Å². The lowest BCUT2D eigenvalue weighted by atomic mass is 10.1. The van der Waals surface area contributed by atoms with E-state index in [0.717, 1.165) is 23.0 Å². The van der Waals surface area contributed by atoms with Crippen LogP contribution in [0.3, 0.4) is 0 Å². The van der Waals surface area contributed by atoms with Crippen molar-refractivity contribution in [3.05, 3.63) is 28.2 Å². The summed E-state index contributed by atoms with van der Waals surface area (Å²) in [6.45, 7) is 1.75. The highest BCUT2D eigenvalue weighted by molar-refractivity contribution is 9.10. The van der Waals surface area contributed by atoms with Gasteiger partial charge in [0.2, 0.25) is 0 Å². The molecule has 1 aliphatic heterocycles. The fraction of sp³-hybridized carbons (Fsp3) is 0.571. The van der Waals surface area contributed by atoms with Crippen LogP contribution in [-0.2, 0) is 6.54 Å². The molecule has 2 rings (SSSR count). The van der Waals surface area contributed by atoms with Crippen LogP contribution in [0.25, 0.3) is 0 Å². The molecule has 3 nitrogen and oxygen atoms in total. The molecule has 1 saturated heterocycles. The topological polar surface area (TPSA) is 49.5 Å². The molecule has 0 aliphatic carbocycles. The lowest BCUT2D eigenvalue weighted by molar-refractivity contribution is 0.255. The molecule has 4 heteroatoms. The van der Waals surface area contributed by atoms with Crippen LogP contribution < -0.4 is 10.6 Å². The van der Waals surface area contributed by atoms with Crippen LogP contribution in [0, 0.1) is 0 Å². The lowest BCUT2D eigenvalue weighted by Gasteiger charge is -2.32. The molecule has 0 spiro atoms. The minimum Gasteiger partial charge on any atom is -0.394 e. The molecule has 18 heavy (non-hydrogen) atoms. The van der Waals surface area contributed by atoms with E-state index in [9.17, 15) is 5.11 Å². The lowest BCUT2D eigenvalue weighted by Crippen LogP contribution is -2.38. The Hall–Kier alpha value is -0.580. The molecular weight excluding hydrogens is 292 g/mol. The molecule has 1 atom stereocenters. The first-order chi connectivity index (χ1) is 8.77. The second kappa shape index (κ2) is 6.55. The van der Waals surface area contributed by atoms with Crippen LogP contribution in [0.5, 0.6) is 0 Å². The van der Waals surface area contributed by atoms with Crippen LogP contribution in [-0.4, -0.2) is 24.3 Å². The quantitative estimate of drug-likeness (QED) is 0.902. The van der Waals surface area contributed by atoms with Crippen LogP contribution in [0.15, 0.2) is 22.7 Å². The Morgan fingerprint density at radius 2 is 2.17 bits per heavy atom. The molecule has 100 valence electrons. The number of aliphatic hydroxyl groups excluding tert-OH is 1. The minimum absolute atomic E-state index is 0.219. The number of halogens is 1. The van der Waals surface area contributed by atoms with E-state index in [1.807, 2.05) is 12.1 Å². The molecule has 0 aromatic heterocycles. The molecule has 0 bridgehead atoms. The predicted molar refractivity (Wildman–Crippen MR) is 78.7 cm³/mol. The number of nitrogens with two attached hydrogens (primary N) is 1. The highest BCUT2D eigenvalue weighted by Crippen LogP contribution is 2.31. The number of hydrogen-bond acceptors (Lipinski definition) is 3. The number of benzene rings is 1. The summed E-state index contributed by atoms with van der Waals surface area (Å²) in [5.74, 6) is 0. The zero-order chi connectivity index (χ0) is 13.0. The first-order valence-corrected chi connectivity index (χ1v) is 7.42. The molecule has 1 aromatic carbocycles. The fourth-order valence-corrected chi connectivity index (χ4v) is 3.22. The summed E-state index contributed by atoms with van der Waals surface area (Å²) in [4.78, 5) is 2.33. The van der Waals surface area contributed by atoms with Crippen molar-refractivity contribution in [3.8, 4) is 0 Å². The molecule has 1 unspecified atom stereocenters. The van der Waals surface area contributed by atoms with Crippen molar-refractivity contribution >= 4 is 21.6 Å². The van der Waals surface area contributed by atoms with Gasteiger partial charge in [0.25, 0.3) is 0 Å². The fourth-order valence-electron chi connectivity index (χ4n) is 2.70. The average Bonchev–Trinajstić information content (AvgIpc) is 2.63. The van der Waals surface area contributed by atoms with Gasteiger partial charge in [-0.3, -0.25) is 0 Å². The van der Waals surface area contributed by atoms with Crippen molar-refractivity contribution in [2.24, 2.45) is 5.73 Å². The standard InChI is InChI=1S/C14H21BrN2O/c15-13-6-4-7-14(12(13)9-16)17-8-3-1-2-5-11(17)10-18/h4,6-7,11,18H,1-3,5,8-10,16H2. The van der Waals surface area contributed by atoms with Crippen LogP contribution in [0.1, 0.15) is 31.2 Å². The van der Waals surface area contributed by atoms with E-state index in [-0.39, 0.29) is 12.6 Å². The summed E-state index contributed by atoms with van der Waals surface area (Å²) in [5.41, 5.74) is 8.18. The van der Waals surface area contributed by atoms with Gasteiger partial charge in [-0.1, -0.05) is 34.8 Å². The van der Waals surface area contributed by atoms with Crippen molar-refractivity contribution in [3.63, 3.8) is 0 Å². The van der Waals surface area contributed by atoms with Gasteiger partial charge >= 0.3 is 0 Å². The van der Waals surface area contributed by atoms with Gasteiger partial charge in [0.1, 0.15) is 0 Å². The zero-order valence-corrected chi connectivity index (χ0v) is 12.2. The Morgan fingerprint density at radius 1 is 1.33 bits per heavy atom. The van der Waals surface area contributed by atoms with Crippen molar-refractivity contribution in [1.29, 1.82) is 0 Å². The van der Waals surface area contributed by atoms with Gasteiger partial charge in [-0.05, 0) is 25.0 Å². The predicted octanol–water partition coefficient (Wildman–Crippen LogP) is 2.65. The maximum absolute atomic E-state index is 9.60. The Labute approximate surface area is 117 Å². The van der Waals surface area contributed by atoms with Crippen molar-refractivity contribution in [2.75, 3.05) is 18.1 Å². The first kappa shape index (κ1) is 13.8. The third-order valence-electron chi connectivity index (χ3n) is 3.70. The van der Waals surface area contributed by atoms with Crippen molar-refractivity contribution in [2.45, 2.75) is 38.3 Å². The summed E-state index contributed by atoms with van der Waals surface area (Å²) in [6, 6.07) is 6.41. The normalized spacial score (nSPS) is 20.8. The summed E-state index contributed by atoms with van der Waals surface area (Å²) < 4.78 is 1.06. The van der Waals surface area contributed by atoms with Gasteiger partial charge in [-0.15, -0.1) is 0 Å². The van der Waals surface area contributed by atoms with E-state index < -0.39 is 0 Å². The van der Waals surface area contributed by atoms with Crippen LogP contribution in [0.4, 0.5) is 5.69 Å². The monoisotopic (exact) mass is 312 g/mol. The molecular formula is C14H21BrN2O. The van der Waals surface area contributed by atoms with Crippen LogP contribution in [0.2, 0.25) is 0 Å². The van der Waals surface area contributed by atoms with E-state index in [0.29, 0.717) is 6.54 Å². The van der Waals surface area contributed by atoms with Gasteiger partial charge in [0, 0.05) is 28.8 Å². The Kier molecular flexibility index (Phi) is 5.03. The molecule has 0 radical (unpaired) electrons. The molecule has 3 N–H and O–H groups in total. The smallest absolute Gasteiger partial charge is 0.0635 e. The van der Waals surface area contributed by atoms with Crippen molar-refractivity contribution < 1.29 is 5.11 Å². The maximum Gasteiger partial charge on any atom is 0.0635 e. The summed E-state index contributed by atoms with van der Waals surface area (Å²) in [7, 11) is 0. The van der Waals surface area contributed by atoms with E-state index in [1.54, 1.807) is 0 Å². The highest BCUT2D eigenvalue weighted by atomic mass is 79.9. The maximum atomic E-state index is 9.60. The van der Waals surface area contributed by atoms with E-state index >= 15 is 0 Å². The van der Waals surface area contributed by atoms with E-state index in [4.69, 9.17) is 5.73 Å². The molecule has 1 aromatic rings. The molecule has 0 amide bonds. The summed E-state index contributed by atoms with van der Waals surface area (Å²) >= 11 is 3.57. The Balaban J connectivity index is 2.35. The SMILES string of the molecule is NCc1c(Br)cccc1N1CCCCCC1CO. The molecule has 1 fully saturated rings. The average molecular weight is 313 g/mol. The highest BCUT2D eigenvalue weighted by Gasteiger charge is 2.22. The largest absolute Gasteiger partial charge is 0.394 e. The third kappa shape index (κ3) is 2.87. The van der Waals surface area contributed by atoms with Crippen molar-refractivity contribution in [1.82, 2.24) is 0 Å². The summed E-state index contributed by atoms with van der Waals surface area (Å²) in [5, 5.41) is 9.60. The Morgan fingerprint density at radius 3 is 2.89 bits per heavy atom. The molecule has 1 heterocycles. The first-order valence-electron chi connectivity index (χ1n) is 6.63. The van der Waals surface area contributed by atoms with Crippen LogP contribution >= 0.6 is 15.9 Å².